The van der Waals surface area contributed by atoms with Crippen LogP contribution in [0.25, 0.3) is 0 Å². The van der Waals surface area contributed by atoms with Gasteiger partial charge in [0.25, 0.3) is 5.91 Å². The first-order valence-electron chi connectivity index (χ1n) is 9.98. The van der Waals surface area contributed by atoms with Crippen LogP contribution in [0.2, 0.25) is 0 Å². The number of nitriles is 1. The van der Waals surface area contributed by atoms with E-state index in [0.717, 1.165) is 17.5 Å². The molecule has 1 amide bonds. The van der Waals surface area contributed by atoms with Crippen molar-refractivity contribution in [1.82, 2.24) is 10.6 Å². The zero-order chi connectivity index (χ0) is 21.2. The number of nitrogens with one attached hydrogen (secondary N) is 2. The maximum absolute atomic E-state index is 12.8. The molecule has 150 valence electrons. The van der Waals surface area contributed by atoms with Gasteiger partial charge in [-0.15, -0.1) is 0 Å². The van der Waals surface area contributed by atoms with E-state index in [1.165, 1.54) is 17.3 Å². The first-order valence-corrected chi connectivity index (χ1v) is 9.98. The van der Waals surface area contributed by atoms with Gasteiger partial charge >= 0.3 is 0 Å². The lowest BCUT2D eigenvalue weighted by molar-refractivity contribution is -0.117. The number of benzene rings is 3. The van der Waals surface area contributed by atoms with E-state index in [0.29, 0.717) is 6.54 Å². The number of hydrogen-bond acceptors (Lipinski definition) is 3. The van der Waals surface area contributed by atoms with Crippen LogP contribution in [0.5, 0.6) is 0 Å². The van der Waals surface area contributed by atoms with Crippen LogP contribution in [-0.2, 0) is 11.2 Å². The molecule has 0 fully saturated rings. The summed E-state index contributed by atoms with van der Waals surface area (Å²) in [5.74, 6) is -0.404. The van der Waals surface area contributed by atoms with Crippen LogP contribution in [0.3, 0.4) is 0 Å². The molecule has 4 nitrogen and oxygen atoms in total. The number of amides is 1. The molecule has 0 unspecified atom stereocenters. The Morgan fingerprint density at radius 3 is 2.07 bits per heavy atom. The van der Waals surface area contributed by atoms with Gasteiger partial charge in [0.05, 0.1) is 6.04 Å². The summed E-state index contributed by atoms with van der Waals surface area (Å²) >= 11 is 0. The normalized spacial score (nSPS) is 11.0. The molecule has 0 aliphatic rings. The highest BCUT2D eigenvalue weighted by Gasteiger charge is 2.19. The minimum absolute atomic E-state index is 0.0524. The van der Waals surface area contributed by atoms with Gasteiger partial charge in [-0.3, -0.25) is 4.79 Å². The Morgan fingerprint density at radius 1 is 0.933 bits per heavy atom. The quantitative estimate of drug-likeness (QED) is 0.337. The molecule has 0 heterocycles. The third-order valence-electron chi connectivity index (χ3n) is 4.95. The van der Waals surface area contributed by atoms with Crippen molar-refractivity contribution < 1.29 is 4.79 Å². The minimum Gasteiger partial charge on any atom is -0.389 e. The highest BCUT2D eigenvalue weighted by molar-refractivity contribution is 5.97. The Morgan fingerprint density at radius 2 is 1.50 bits per heavy atom. The number of nitrogens with zero attached hydrogens (tertiary/aromatic N) is 1. The number of hydrogen-bond donors (Lipinski definition) is 2. The first kappa shape index (κ1) is 20.9. The summed E-state index contributed by atoms with van der Waals surface area (Å²) in [7, 11) is 0. The molecule has 3 aromatic carbocycles. The van der Waals surface area contributed by atoms with Crippen molar-refractivity contribution >= 4 is 5.91 Å². The van der Waals surface area contributed by atoms with Crippen molar-refractivity contribution in [2.24, 2.45) is 0 Å². The molecule has 2 N–H and O–H groups in total. The van der Waals surface area contributed by atoms with E-state index in [1.54, 1.807) is 0 Å². The van der Waals surface area contributed by atoms with Crippen LogP contribution in [0.4, 0.5) is 0 Å². The van der Waals surface area contributed by atoms with Crippen LogP contribution in [-0.4, -0.2) is 12.5 Å². The Hall–Kier alpha value is -3.84. The molecule has 0 atom stereocenters. The van der Waals surface area contributed by atoms with Crippen molar-refractivity contribution in [2.45, 2.75) is 19.4 Å². The molecule has 0 radical (unpaired) electrons. The third-order valence-corrected chi connectivity index (χ3v) is 4.95. The van der Waals surface area contributed by atoms with Gasteiger partial charge in [-0.25, -0.2) is 0 Å². The largest absolute Gasteiger partial charge is 0.389 e. The van der Waals surface area contributed by atoms with Gasteiger partial charge in [-0.2, -0.15) is 5.26 Å². The lowest BCUT2D eigenvalue weighted by Crippen LogP contribution is -2.31. The molecule has 0 saturated heterocycles. The Bertz CT molecular complexity index is 997. The monoisotopic (exact) mass is 395 g/mol. The van der Waals surface area contributed by atoms with Gasteiger partial charge < -0.3 is 10.6 Å². The fourth-order valence-electron chi connectivity index (χ4n) is 3.28. The van der Waals surface area contributed by atoms with Crippen LogP contribution in [0, 0.1) is 18.3 Å². The lowest BCUT2D eigenvalue weighted by atomic mass is 9.98. The molecule has 0 spiro atoms. The fraction of sp³-hybridized carbons (Fsp3) is 0.154. The summed E-state index contributed by atoms with van der Waals surface area (Å²) in [6, 6.07) is 29.4. The van der Waals surface area contributed by atoms with E-state index < -0.39 is 5.91 Å². The average Bonchev–Trinajstić information content (AvgIpc) is 2.79. The topological polar surface area (TPSA) is 64.9 Å². The zero-order valence-electron chi connectivity index (χ0n) is 17.0. The van der Waals surface area contributed by atoms with Gasteiger partial charge in [0, 0.05) is 12.7 Å². The number of rotatable bonds is 8. The predicted octanol–water partition coefficient (Wildman–Crippen LogP) is 4.44. The van der Waals surface area contributed by atoms with E-state index in [-0.39, 0.29) is 11.6 Å². The van der Waals surface area contributed by atoms with E-state index >= 15 is 0 Å². The Balaban J connectivity index is 1.68. The summed E-state index contributed by atoms with van der Waals surface area (Å²) in [5, 5.41) is 15.6. The molecule has 4 heteroatoms. The summed E-state index contributed by atoms with van der Waals surface area (Å²) in [6.45, 7) is 2.72. The van der Waals surface area contributed by atoms with Crippen molar-refractivity contribution in [2.75, 3.05) is 6.54 Å². The minimum atomic E-state index is -0.404. The summed E-state index contributed by atoms with van der Waals surface area (Å²) in [4.78, 5) is 12.8. The summed E-state index contributed by atoms with van der Waals surface area (Å²) < 4.78 is 0. The van der Waals surface area contributed by atoms with Crippen LogP contribution < -0.4 is 10.6 Å². The van der Waals surface area contributed by atoms with Crippen molar-refractivity contribution in [3.63, 3.8) is 0 Å². The molecular weight excluding hydrogens is 370 g/mol. The molecule has 0 aromatic heterocycles. The van der Waals surface area contributed by atoms with Crippen LogP contribution >= 0.6 is 0 Å². The molecule has 30 heavy (non-hydrogen) atoms. The van der Waals surface area contributed by atoms with E-state index in [9.17, 15) is 10.1 Å². The maximum Gasteiger partial charge on any atom is 0.264 e. The maximum atomic E-state index is 12.8. The smallest absolute Gasteiger partial charge is 0.264 e. The van der Waals surface area contributed by atoms with Crippen molar-refractivity contribution in [3.05, 3.63) is 119 Å². The summed E-state index contributed by atoms with van der Waals surface area (Å²) in [5.41, 5.74) is 4.45. The molecule has 3 aromatic rings. The van der Waals surface area contributed by atoms with Gasteiger partial charge in [0.2, 0.25) is 0 Å². The Labute approximate surface area is 177 Å². The van der Waals surface area contributed by atoms with E-state index in [2.05, 4.69) is 29.7 Å². The second-order valence-corrected chi connectivity index (χ2v) is 7.03. The van der Waals surface area contributed by atoms with Crippen molar-refractivity contribution in [1.29, 1.82) is 5.26 Å². The molecule has 0 saturated carbocycles. The number of carbonyl (C=O) groups excluding carboxylic acids is 1. The average molecular weight is 396 g/mol. The Kier molecular flexibility index (Phi) is 7.40. The molecule has 3 rings (SSSR count). The van der Waals surface area contributed by atoms with Gasteiger partial charge in [-0.05, 0) is 35.6 Å². The molecule has 0 aliphatic carbocycles. The van der Waals surface area contributed by atoms with Gasteiger partial charge in [-0.1, -0.05) is 84.9 Å². The third kappa shape index (κ3) is 5.59. The second kappa shape index (κ2) is 10.6. The second-order valence-electron chi connectivity index (χ2n) is 7.03. The molecule has 0 aliphatic heterocycles. The van der Waals surface area contributed by atoms with Crippen LogP contribution in [0.1, 0.15) is 28.3 Å². The molecular formula is C26H25N3O. The molecule has 0 bridgehead atoms. The van der Waals surface area contributed by atoms with Gasteiger partial charge in [0.15, 0.2) is 0 Å². The van der Waals surface area contributed by atoms with E-state index in [1.807, 2.05) is 78.9 Å². The predicted molar refractivity (Wildman–Crippen MR) is 119 cm³/mol. The number of aryl methyl sites for hydroxylation is 1. The number of carbonyl (C=O) groups is 1. The fourth-order valence-corrected chi connectivity index (χ4v) is 3.28. The lowest BCUT2D eigenvalue weighted by Gasteiger charge is -2.19. The summed E-state index contributed by atoms with van der Waals surface area (Å²) in [6.07, 6.45) is 2.32. The standard InChI is InChI=1S/C26H25N3O/c1-20-10-8-9-11-21(20)16-17-28-19-24(18-27)26(30)29-25(22-12-4-2-5-13-22)23-14-6-3-7-15-23/h2-15,19,25,28H,16-17H2,1H3,(H,29,30)/b24-19-. The first-order chi connectivity index (χ1) is 14.7. The highest BCUT2D eigenvalue weighted by atomic mass is 16.1. The zero-order valence-corrected chi connectivity index (χ0v) is 17.0. The van der Waals surface area contributed by atoms with Gasteiger partial charge in [0.1, 0.15) is 11.6 Å². The van der Waals surface area contributed by atoms with E-state index in [4.69, 9.17) is 0 Å². The van der Waals surface area contributed by atoms with Crippen LogP contribution in [0.15, 0.2) is 96.7 Å². The SMILES string of the molecule is Cc1ccccc1CCN/C=C(/C#N)C(=O)NC(c1ccccc1)c1ccccc1. The van der Waals surface area contributed by atoms with Crippen molar-refractivity contribution in [3.8, 4) is 6.07 Å². The highest BCUT2D eigenvalue weighted by Crippen LogP contribution is 2.22.